The fourth-order valence-corrected chi connectivity index (χ4v) is 1.56. The minimum atomic E-state index is -3.12. The number of carbonyl (C=O) groups is 1. The first-order valence-corrected chi connectivity index (χ1v) is 5.23. The van der Waals surface area contributed by atoms with Gasteiger partial charge in [0.1, 0.15) is 17.4 Å². The zero-order valence-corrected chi connectivity index (χ0v) is 10.0. The number of halogens is 3. The SMILES string of the molecule is COC(=O)c1ccc(CCl)c(OC(F)F)c1C#N. The maximum atomic E-state index is 12.3. The molecule has 0 atom stereocenters. The van der Waals surface area contributed by atoms with Gasteiger partial charge in [-0.25, -0.2) is 4.79 Å². The summed E-state index contributed by atoms with van der Waals surface area (Å²) in [7, 11) is 1.12. The van der Waals surface area contributed by atoms with E-state index < -0.39 is 18.3 Å². The van der Waals surface area contributed by atoms with Crippen LogP contribution in [0.2, 0.25) is 0 Å². The molecule has 0 saturated carbocycles. The first kappa shape index (κ1) is 14.2. The molecular weight excluding hydrogens is 268 g/mol. The Labute approximate surface area is 107 Å². The van der Waals surface area contributed by atoms with Crippen molar-refractivity contribution < 1.29 is 23.0 Å². The molecule has 7 heteroatoms. The fourth-order valence-electron chi connectivity index (χ4n) is 1.35. The van der Waals surface area contributed by atoms with Gasteiger partial charge in [-0.3, -0.25) is 0 Å². The van der Waals surface area contributed by atoms with E-state index in [4.69, 9.17) is 16.9 Å². The third-order valence-electron chi connectivity index (χ3n) is 2.11. The first-order chi connectivity index (χ1) is 8.54. The molecule has 0 aliphatic heterocycles. The second-order valence-corrected chi connectivity index (χ2v) is 3.36. The maximum Gasteiger partial charge on any atom is 0.387 e. The molecule has 18 heavy (non-hydrogen) atoms. The van der Waals surface area contributed by atoms with Gasteiger partial charge in [0.05, 0.1) is 18.6 Å². The quantitative estimate of drug-likeness (QED) is 0.626. The molecule has 0 fully saturated rings. The van der Waals surface area contributed by atoms with Gasteiger partial charge in [-0.2, -0.15) is 14.0 Å². The van der Waals surface area contributed by atoms with Crippen molar-refractivity contribution >= 4 is 17.6 Å². The van der Waals surface area contributed by atoms with Gasteiger partial charge in [-0.05, 0) is 6.07 Å². The molecule has 96 valence electrons. The van der Waals surface area contributed by atoms with E-state index in [1.807, 2.05) is 0 Å². The number of nitrogens with zero attached hydrogens (tertiary/aromatic N) is 1. The molecule has 4 nitrogen and oxygen atoms in total. The summed E-state index contributed by atoms with van der Waals surface area (Å²) in [5.74, 6) is -1.34. The lowest BCUT2D eigenvalue weighted by Gasteiger charge is -2.12. The highest BCUT2D eigenvalue weighted by Crippen LogP contribution is 2.30. The lowest BCUT2D eigenvalue weighted by molar-refractivity contribution is -0.0506. The topological polar surface area (TPSA) is 59.3 Å². The number of nitriles is 1. The van der Waals surface area contributed by atoms with E-state index in [1.165, 1.54) is 12.1 Å². The van der Waals surface area contributed by atoms with Crippen LogP contribution in [-0.4, -0.2) is 19.7 Å². The van der Waals surface area contributed by atoms with Gasteiger partial charge in [0.15, 0.2) is 0 Å². The summed E-state index contributed by atoms with van der Waals surface area (Å²) in [6, 6.07) is 4.25. The highest BCUT2D eigenvalue weighted by Gasteiger charge is 2.21. The maximum absolute atomic E-state index is 12.3. The van der Waals surface area contributed by atoms with E-state index in [9.17, 15) is 13.6 Å². The van der Waals surface area contributed by atoms with Crippen LogP contribution in [0.4, 0.5) is 8.78 Å². The molecule has 0 heterocycles. The number of benzene rings is 1. The number of ether oxygens (including phenoxy) is 2. The number of hydrogen-bond acceptors (Lipinski definition) is 4. The third-order valence-corrected chi connectivity index (χ3v) is 2.40. The number of hydrogen-bond donors (Lipinski definition) is 0. The van der Waals surface area contributed by atoms with Gasteiger partial charge in [0, 0.05) is 5.56 Å². The van der Waals surface area contributed by atoms with Crippen molar-refractivity contribution in [3.05, 3.63) is 28.8 Å². The minimum absolute atomic E-state index is 0.127. The van der Waals surface area contributed by atoms with Crippen molar-refractivity contribution in [2.45, 2.75) is 12.5 Å². The summed E-state index contributed by atoms with van der Waals surface area (Å²) in [6.07, 6.45) is 0. The van der Waals surface area contributed by atoms with Gasteiger partial charge in [-0.1, -0.05) is 6.07 Å². The molecule has 0 aliphatic carbocycles. The monoisotopic (exact) mass is 275 g/mol. The van der Waals surface area contributed by atoms with Crippen LogP contribution in [0.3, 0.4) is 0 Å². The Morgan fingerprint density at radius 3 is 2.67 bits per heavy atom. The highest BCUT2D eigenvalue weighted by molar-refractivity contribution is 6.17. The zero-order chi connectivity index (χ0) is 13.7. The molecule has 0 aromatic heterocycles. The Bertz CT molecular complexity index is 500. The van der Waals surface area contributed by atoms with Crippen molar-refractivity contribution in [3.8, 4) is 11.8 Å². The molecule has 0 radical (unpaired) electrons. The molecule has 0 unspecified atom stereocenters. The molecule has 0 saturated heterocycles. The number of carbonyl (C=O) groups excluding carboxylic acids is 1. The van der Waals surface area contributed by atoms with Gasteiger partial charge in [0.2, 0.25) is 0 Å². The van der Waals surface area contributed by atoms with Crippen molar-refractivity contribution in [1.29, 1.82) is 5.26 Å². The fraction of sp³-hybridized carbons (Fsp3) is 0.273. The number of rotatable bonds is 4. The summed E-state index contributed by atoms with van der Waals surface area (Å²) in [5.41, 5.74) is -0.272. The lowest BCUT2D eigenvalue weighted by atomic mass is 10.0. The molecular formula is C11H8ClF2NO3. The molecule has 0 amide bonds. The van der Waals surface area contributed by atoms with E-state index in [0.717, 1.165) is 7.11 Å². The van der Waals surface area contributed by atoms with E-state index in [1.54, 1.807) is 6.07 Å². The molecule has 1 aromatic rings. The highest BCUT2D eigenvalue weighted by atomic mass is 35.5. The number of esters is 1. The Hall–Kier alpha value is -1.87. The summed E-state index contributed by atoms with van der Waals surface area (Å²) in [4.78, 5) is 11.4. The van der Waals surface area contributed by atoms with Crippen LogP contribution in [0.1, 0.15) is 21.5 Å². The molecule has 0 bridgehead atoms. The van der Waals surface area contributed by atoms with E-state index in [-0.39, 0.29) is 22.6 Å². The van der Waals surface area contributed by atoms with Crippen molar-refractivity contribution in [2.75, 3.05) is 7.11 Å². The average molecular weight is 276 g/mol. The van der Waals surface area contributed by atoms with Crippen molar-refractivity contribution in [1.82, 2.24) is 0 Å². The zero-order valence-electron chi connectivity index (χ0n) is 9.25. The van der Waals surface area contributed by atoms with E-state index in [0.29, 0.717) is 0 Å². The lowest BCUT2D eigenvalue weighted by Crippen LogP contribution is -2.10. The predicted octanol–water partition coefficient (Wildman–Crippen LogP) is 2.69. The van der Waals surface area contributed by atoms with Crippen LogP contribution >= 0.6 is 11.6 Å². The van der Waals surface area contributed by atoms with Crippen LogP contribution in [0.5, 0.6) is 5.75 Å². The smallest absolute Gasteiger partial charge is 0.387 e. The van der Waals surface area contributed by atoms with Gasteiger partial charge >= 0.3 is 12.6 Å². The predicted molar refractivity (Wildman–Crippen MR) is 58.7 cm³/mol. The largest absolute Gasteiger partial charge is 0.465 e. The van der Waals surface area contributed by atoms with E-state index >= 15 is 0 Å². The van der Waals surface area contributed by atoms with E-state index in [2.05, 4.69) is 9.47 Å². The number of methoxy groups -OCH3 is 1. The molecule has 1 rings (SSSR count). The van der Waals surface area contributed by atoms with Crippen LogP contribution in [0.25, 0.3) is 0 Å². The number of alkyl halides is 3. The Morgan fingerprint density at radius 2 is 2.22 bits per heavy atom. The normalized spacial score (nSPS) is 10.0. The standard InChI is InChI=1S/C11H8ClF2NO3/c1-17-10(16)7-3-2-6(4-12)9(8(7)5-15)18-11(13)14/h2-3,11H,4H2,1H3. The van der Waals surface area contributed by atoms with Gasteiger partial charge in [0.25, 0.3) is 0 Å². The van der Waals surface area contributed by atoms with Gasteiger partial charge in [-0.15, -0.1) is 11.6 Å². The van der Waals surface area contributed by atoms with Crippen molar-refractivity contribution in [3.63, 3.8) is 0 Å². The second-order valence-electron chi connectivity index (χ2n) is 3.09. The summed E-state index contributed by atoms with van der Waals surface area (Å²) in [5, 5.41) is 8.95. The molecule has 1 aromatic carbocycles. The molecule has 0 spiro atoms. The van der Waals surface area contributed by atoms with Crippen LogP contribution in [-0.2, 0) is 10.6 Å². The molecule has 0 aliphatic rings. The van der Waals surface area contributed by atoms with Crippen LogP contribution in [0.15, 0.2) is 12.1 Å². The summed E-state index contributed by atoms with van der Waals surface area (Å²) >= 11 is 5.56. The summed E-state index contributed by atoms with van der Waals surface area (Å²) < 4.78 is 33.2. The van der Waals surface area contributed by atoms with Crippen LogP contribution in [0, 0.1) is 11.3 Å². The van der Waals surface area contributed by atoms with Crippen molar-refractivity contribution in [2.24, 2.45) is 0 Å². The minimum Gasteiger partial charge on any atom is -0.465 e. The summed E-state index contributed by atoms with van der Waals surface area (Å²) in [6.45, 7) is -3.12. The second kappa shape index (κ2) is 6.17. The van der Waals surface area contributed by atoms with Gasteiger partial charge < -0.3 is 9.47 Å². The molecule has 0 N–H and O–H groups in total. The Balaban J connectivity index is 3.43. The first-order valence-electron chi connectivity index (χ1n) is 4.70. The third kappa shape index (κ3) is 2.87. The van der Waals surface area contributed by atoms with Crippen LogP contribution < -0.4 is 4.74 Å². The Morgan fingerprint density at radius 1 is 1.56 bits per heavy atom. The Kier molecular flexibility index (Phi) is 4.86. The average Bonchev–Trinajstić information content (AvgIpc) is 2.36.